The van der Waals surface area contributed by atoms with Crippen LogP contribution in [-0.2, 0) is 16.1 Å². The Kier molecular flexibility index (Phi) is 5.97. The first-order valence-corrected chi connectivity index (χ1v) is 10.1. The lowest BCUT2D eigenvalue weighted by Gasteiger charge is -2.28. The van der Waals surface area contributed by atoms with Crippen molar-refractivity contribution >= 4 is 12.0 Å². The average molecular weight is 424 g/mol. The van der Waals surface area contributed by atoms with Crippen LogP contribution < -0.4 is 24.8 Å². The van der Waals surface area contributed by atoms with Gasteiger partial charge in [0.2, 0.25) is 6.79 Å². The Labute approximate surface area is 180 Å². The van der Waals surface area contributed by atoms with Crippen LogP contribution in [0, 0.1) is 0 Å². The Morgan fingerprint density at radius 1 is 1.13 bits per heavy atom. The fourth-order valence-electron chi connectivity index (χ4n) is 3.45. The minimum atomic E-state index is -0.627. The summed E-state index contributed by atoms with van der Waals surface area (Å²) in [5.74, 6) is 1.51. The van der Waals surface area contributed by atoms with Crippen LogP contribution in [0.4, 0.5) is 4.79 Å². The standard InChI is InChI=1S/C23H24N2O6/c1-3-10-28-17-7-5-16(6-8-17)21-20(14(2)24-23(27)25-21)22(26)29-12-15-4-9-18-19(11-15)31-13-30-18/h4-9,11,21H,3,10,12-13H2,1-2H3,(H2,24,25,27). The lowest BCUT2D eigenvalue weighted by atomic mass is 9.95. The van der Waals surface area contributed by atoms with Gasteiger partial charge in [-0.05, 0) is 48.7 Å². The van der Waals surface area contributed by atoms with Gasteiger partial charge < -0.3 is 29.6 Å². The number of carbonyl (C=O) groups is 2. The Morgan fingerprint density at radius 2 is 1.90 bits per heavy atom. The van der Waals surface area contributed by atoms with Crippen LogP contribution in [0.25, 0.3) is 0 Å². The van der Waals surface area contributed by atoms with Crippen molar-refractivity contribution in [2.75, 3.05) is 13.4 Å². The molecule has 2 aromatic carbocycles. The molecule has 2 aliphatic heterocycles. The van der Waals surface area contributed by atoms with Crippen molar-refractivity contribution in [3.8, 4) is 17.2 Å². The molecule has 2 N–H and O–H groups in total. The van der Waals surface area contributed by atoms with Crippen molar-refractivity contribution in [3.63, 3.8) is 0 Å². The fourth-order valence-corrected chi connectivity index (χ4v) is 3.45. The number of urea groups is 1. The monoisotopic (exact) mass is 424 g/mol. The maximum Gasteiger partial charge on any atom is 0.338 e. The Morgan fingerprint density at radius 3 is 2.68 bits per heavy atom. The average Bonchev–Trinajstić information content (AvgIpc) is 3.24. The molecule has 0 radical (unpaired) electrons. The molecule has 0 fully saturated rings. The topological polar surface area (TPSA) is 95.1 Å². The van der Waals surface area contributed by atoms with Crippen molar-refractivity contribution in [3.05, 3.63) is 64.9 Å². The van der Waals surface area contributed by atoms with E-state index in [0.717, 1.165) is 23.3 Å². The maximum atomic E-state index is 13.0. The van der Waals surface area contributed by atoms with Crippen molar-refractivity contribution in [1.82, 2.24) is 10.6 Å². The highest BCUT2D eigenvalue weighted by atomic mass is 16.7. The smallest absolute Gasteiger partial charge is 0.338 e. The van der Waals surface area contributed by atoms with Crippen LogP contribution in [0.3, 0.4) is 0 Å². The molecule has 1 atom stereocenters. The molecule has 8 nitrogen and oxygen atoms in total. The van der Waals surface area contributed by atoms with Gasteiger partial charge in [-0.1, -0.05) is 25.1 Å². The molecule has 4 rings (SSSR count). The Bertz CT molecular complexity index is 1020. The summed E-state index contributed by atoms with van der Waals surface area (Å²) in [5, 5.41) is 5.45. The number of ether oxygens (including phenoxy) is 4. The summed E-state index contributed by atoms with van der Waals surface area (Å²) in [6.07, 6.45) is 0.910. The van der Waals surface area contributed by atoms with E-state index in [-0.39, 0.29) is 19.4 Å². The first kappa shape index (κ1) is 20.6. The summed E-state index contributed by atoms with van der Waals surface area (Å²) in [6.45, 7) is 4.59. The second-order valence-electron chi connectivity index (χ2n) is 7.25. The third kappa shape index (κ3) is 4.58. The van der Waals surface area contributed by atoms with E-state index in [2.05, 4.69) is 10.6 Å². The molecule has 2 amide bonds. The predicted molar refractivity (Wildman–Crippen MR) is 112 cm³/mol. The van der Waals surface area contributed by atoms with Gasteiger partial charge in [0.25, 0.3) is 0 Å². The molecular formula is C23H24N2O6. The Hall–Kier alpha value is -3.68. The van der Waals surface area contributed by atoms with Gasteiger partial charge in [-0.15, -0.1) is 0 Å². The maximum absolute atomic E-state index is 13.0. The largest absolute Gasteiger partial charge is 0.494 e. The highest BCUT2D eigenvalue weighted by molar-refractivity contribution is 5.95. The van der Waals surface area contributed by atoms with E-state index >= 15 is 0 Å². The number of allylic oxidation sites excluding steroid dienone is 1. The first-order valence-electron chi connectivity index (χ1n) is 10.1. The molecule has 0 bridgehead atoms. The van der Waals surface area contributed by atoms with Crippen LogP contribution in [-0.4, -0.2) is 25.4 Å². The molecule has 2 heterocycles. The molecule has 31 heavy (non-hydrogen) atoms. The van der Waals surface area contributed by atoms with Gasteiger partial charge in [0.05, 0.1) is 18.2 Å². The molecule has 8 heteroatoms. The van der Waals surface area contributed by atoms with Gasteiger partial charge in [-0.25, -0.2) is 9.59 Å². The van der Waals surface area contributed by atoms with Crippen molar-refractivity contribution < 1.29 is 28.5 Å². The molecule has 2 aromatic rings. The molecular weight excluding hydrogens is 400 g/mol. The molecule has 0 aliphatic carbocycles. The fraction of sp³-hybridized carbons (Fsp3) is 0.304. The van der Waals surface area contributed by atoms with E-state index in [1.165, 1.54) is 0 Å². The van der Waals surface area contributed by atoms with Gasteiger partial charge in [-0.2, -0.15) is 0 Å². The minimum absolute atomic E-state index is 0.0662. The Balaban J connectivity index is 1.50. The van der Waals surface area contributed by atoms with E-state index in [1.807, 2.05) is 37.3 Å². The molecule has 1 unspecified atom stereocenters. The van der Waals surface area contributed by atoms with Gasteiger partial charge in [0.1, 0.15) is 12.4 Å². The lowest BCUT2D eigenvalue weighted by Crippen LogP contribution is -2.45. The van der Waals surface area contributed by atoms with Crippen LogP contribution in [0.5, 0.6) is 17.2 Å². The second kappa shape index (κ2) is 8.99. The molecule has 0 saturated carbocycles. The molecule has 0 aromatic heterocycles. The number of esters is 1. The van der Waals surface area contributed by atoms with Crippen LogP contribution in [0.15, 0.2) is 53.7 Å². The van der Waals surface area contributed by atoms with Crippen LogP contribution in [0.1, 0.15) is 37.4 Å². The van der Waals surface area contributed by atoms with Gasteiger partial charge in [-0.3, -0.25) is 0 Å². The molecule has 2 aliphatic rings. The molecule has 162 valence electrons. The number of hydrogen-bond donors (Lipinski definition) is 2. The van der Waals surface area contributed by atoms with Gasteiger partial charge in [0, 0.05) is 5.70 Å². The number of nitrogens with one attached hydrogen (secondary N) is 2. The van der Waals surface area contributed by atoms with E-state index in [9.17, 15) is 9.59 Å². The summed E-state index contributed by atoms with van der Waals surface area (Å²) >= 11 is 0. The number of hydrogen-bond acceptors (Lipinski definition) is 6. The molecule has 0 spiro atoms. The summed E-state index contributed by atoms with van der Waals surface area (Å²) in [4.78, 5) is 25.0. The SMILES string of the molecule is CCCOc1ccc(C2NC(=O)NC(C)=C2C(=O)OCc2ccc3c(c2)OCO3)cc1. The number of carbonyl (C=O) groups excluding carboxylic acids is 2. The van der Waals surface area contributed by atoms with Crippen LogP contribution >= 0.6 is 0 Å². The van der Waals surface area contributed by atoms with E-state index in [4.69, 9.17) is 18.9 Å². The van der Waals surface area contributed by atoms with Crippen molar-refractivity contribution in [2.45, 2.75) is 32.9 Å². The third-order valence-corrected chi connectivity index (χ3v) is 4.98. The highest BCUT2D eigenvalue weighted by Crippen LogP contribution is 2.33. The summed E-state index contributed by atoms with van der Waals surface area (Å²) in [7, 11) is 0. The highest BCUT2D eigenvalue weighted by Gasteiger charge is 2.32. The van der Waals surface area contributed by atoms with Gasteiger partial charge in [0.15, 0.2) is 11.5 Å². The third-order valence-electron chi connectivity index (χ3n) is 4.98. The number of benzene rings is 2. The van der Waals surface area contributed by atoms with E-state index in [0.29, 0.717) is 29.4 Å². The summed E-state index contributed by atoms with van der Waals surface area (Å²) in [6, 6.07) is 11.7. The zero-order chi connectivity index (χ0) is 21.8. The van der Waals surface area contributed by atoms with E-state index < -0.39 is 12.0 Å². The molecule has 0 saturated heterocycles. The van der Waals surface area contributed by atoms with Crippen molar-refractivity contribution in [1.29, 1.82) is 0 Å². The zero-order valence-electron chi connectivity index (χ0n) is 17.4. The first-order chi connectivity index (χ1) is 15.0. The second-order valence-corrected chi connectivity index (χ2v) is 7.25. The number of rotatable bonds is 7. The number of amides is 2. The minimum Gasteiger partial charge on any atom is -0.494 e. The zero-order valence-corrected chi connectivity index (χ0v) is 17.4. The van der Waals surface area contributed by atoms with E-state index in [1.54, 1.807) is 19.1 Å². The summed E-state index contributed by atoms with van der Waals surface area (Å²) < 4.78 is 21.8. The van der Waals surface area contributed by atoms with Crippen LogP contribution in [0.2, 0.25) is 0 Å². The normalized spacial score (nSPS) is 17.1. The number of fused-ring (bicyclic) bond motifs is 1. The van der Waals surface area contributed by atoms with Gasteiger partial charge >= 0.3 is 12.0 Å². The van der Waals surface area contributed by atoms with Crippen molar-refractivity contribution in [2.24, 2.45) is 0 Å². The summed E-state index contributed by atoms with van der Waals surface area (Å²) in [5.41, 5.74) is 2.34. The predicted octanol–water partition coefficient (Wildman–Crippen LogP) is 3.58. The lowest BCUT2D eigenvalue weighted by molar-refractivity contribution is -0.140. The quantitative estimate of drug-likeness (QED) is 0.660.